The molecule has 0 amide bonds. The van der Waals surface area contributed by atoms with Gasteiger partial charge in [-0.2, -0.15) is 0 Å². The highest BCUT2D eigenvalue weighted by Gasteiger charge is 2.17. The van der Waals surface area contributed by atoms with Crippen LogP contribution in [0.2, 0.25) is 0 Å². The van der Waals surface area contributed by atoms with Crippen molar-refractivity contribution in [2.75, 3.05) is 19.8 Å². The minimum atomic E-state index is -0.516. The Bertz CT molecular complexity index is 564. The first kappa shape index (κ1) is 40.9. The Labute approximate surface area is 262 Å². The molecule has 0 N–H and O–H groups in total. The number of hydrogen-bond acceptors (Lipinski definition) is 5. The van der Waals surface area contributed by atoms with Crippen molar-refractivity contribution in [1.82, 2.24) is 0 Å². The number of esters is 2. The Morgan fingerprint density at radius 1 is 0.429 bits per heavy atom. The van der Waals surface area contributed by atoms with Crippen LogP contribution >= 0.6 is 0 Å². The fraction of sp³-hybridized carbons (Fsp3) is 0.946. The molecular formula is C37H72O5. The van der Waals surface area contributed by atoms with Crippen LogP contribution in [0, 0.1) is 0 Å². The minimum absolute atomic E-state index is 0.0937. The Morgan fingerprint density at radius 3 is 1.21 bits per heavy atom. The highest BCUT2D eigenvalue weighted by atomic mass is 16.6. The third-order valence-corrected chi connectivity index (χ3v) is 8.14. The molecule has 0 saturated heterocycles. The topological polar surface area (TPSA) is 61.8 Å². The highest BCUT2D eigenvalue weighted by molar-refractivity contribution is 5.70. The largest absolute Gasteiger partial charge is 0.462 e. The van der Waals surface area contributed by atoms with E-state index in [4.69, 9.17) is 14.2 Å². The monoisotopic (exact) mass is 597 g/mol. The lowest BCUT2D eigenvalue weighted by Crippen LogP contribution is -2.30. The molecule has 0 aromatic rings. The normalized spacial score (nSPS) is 12.0. The second kappa shape index (κ2) is 34.4. The Balaban J connectivity index is 4.09. The highest BCUT2D eigenvalue weighted by Crippen LogP contribution is 2.13. The van der Waals surface area contributed by atoms with Gasteiger partial charge in [0.25, 0.3) is 0 Å². The fourth-order valence-electron chi connectivity index (χ4n) is 5.33. The third kappa shape index (κ3) is 31.8. The average Bonchev–Trinajstić information content (AvgIpc) is 2.99. The summed E-state index contributed by atoms with van der Waals surface area (Å²) in [6, 6.07) is 0. The average molecular weight is 597 g/mol. The zero-order chi connectivity index (χ0) is 30.8. The van der Waals surface area contributed by atoms with Crippen LogP contribution in [-0.2, 0) is 23.8 Å². The molecule has 0 aliphatic carbocycles. The van der Waals surface area contributed by atoms with Crippen molar-refractivity contribution in [3.63, 3.8) is 0 Å². The fourth-order valence-corrected chi connectivity index (χ4v) is 5.33. The van der Waals surface area contributed by atoms with Gasteiger partial charge in [-0.15, -0.1) is 0 Å². The van der Waals surface area contributed by atoms with Gasteiger partial charge >= 0.3 is 11.9 Å². The molecule has 1 atom stereocenters. The quantitative estimate of drug-likeness (QED) is 0.0546. The van der Waals surface area contributed by atoms with Gasteiger partial charge in [0.1, 0.15) is 6.61 Å². The molecule has 42 heavy (non-hydrogen) atoms. The summed E-state index contributed by atoms with van der Waals surface area (Å²) >= 11 is 0. The van der Waals surface area contributed by atoms with Crippen LogP contribution in [0.25, 0.3) is 0 Å². The smallest absolute Gasteiger partial charge is 0.306 e. The minimum Gasteiger partial charge on any atom is -0.462 e. The van der Waals surface area contributed by atoms with E-state index in [2.05, 4.69) is 20.8 Å². The summed E-state index contributed by atoms with van der Waals surface area (Å²) in [7, 11) is 0. The molecule has 0 aliphatic rings. The molecular weight excluding hydrogens is 524 g/mol. The second-order valence-corrected chi connectivity index (χ2v) is 12.5. The Hall–Kier alpha value is -1.10. The van der Waals surface area contributed by atoms with Crippen molar-refractivity contribution < 1.29 is 23.8 Å². The van der Waals surface area contributed by atoms with Gasteiger partial charge in [0.15, 0.2) is 6.10 Å². The van der Waals surface area contributed by atoms with E-state index in [1.165, 1.54) is 128 Å². The van der Waals surface area contributed by atoms with E-state index in [1.54, 1.807) is 0 Å². The van der Waals surface area contributed by atoms with Gasteiger partial charge in [-0.05, 0) is 19.3 Å². The van der Waals surface area contributed by atoms with Crippen molar-refractivity contribution in [2.24, 2.45) is 0 Å². The first-order valence-electron chi connectivity index (χ1n) is 18.6. The molecule has 0 rings (SSSR count). The van der Waals surface area contributed by atoms with Gasteiger partial charge in [-0.3, -0.25) is 9.59 Å². The van der Waals surface area contributed by atoms with Crippen LogP contribution in [0.3, 0.4) is 0 Å². The van der Waals surface area contributed by atoms with E-state index in [1.807, 2.05) is 0 Å². The zero-order valence-corrected chi connectivity index (χ0v) is 28.5. The van der Waals surface area contributed by atoms with Gasteiger partial charge < -0.3 is 14.2 Å². The van der Waals surface area contributed by atoms with E-state index >= 15 is 0 Å². The number of hydrogen-bond donors (Lipinski definition) is 0. The maximum absolute atomic E-state index is 12.4. The Kier molecular flexibility index (Phi) is 33.5. The maximum Gasteiger partial charge on any atom is 0.306 e. The SMILES string of the molecule is CCCCCCCCCCCCCC(=O)OCC(COCCCCCCCCCCCC)OC(=O)CCCCCCC. The lowest BCUT2D eigenvalue weighted by atomic mass is 10.1. The van der Waals surface area contributed by atoms with E-state index in [9.17, 15) is 9.59 Å². The molecule has 0 saturated carbocycles. The van der Waals surface area contributed by atoms with Crippen molar-refractivity contribution in [1.29, 1.82) is 0 Å². The molecule has 0 aliphatic heterocycles. The van der Waals surface area contributed by atoms with Crippen molar-refractivity contribution in [2.45, 2.75) is 207 Å². The first-order chi connectivity index (χ1) is 20.6. The van der Waals surface area contributed by atoms with Crippen molar-refractivity contribution in [3.05, 3.63) is 0 Å². The van der Waals surface area contributed by atoms with Crippen LogP contribution in [0.5, 0.6) is 0 Å². The van der Waals surface area contributed by atoms with Crippen molar-refractivity contribution in [3.8, 4) is 0 Å². The molecule has 0 spiro atoms. The molecule has 1 unspecified atom stereocenters. The van der Waals surface area contributed by atoms with E-state index < -0.39 is 6.10 Å². The molecule has 0 aromatic heterocycles. The van der Waals surface area contributed by atoms with E-state index in [-0.39, 0.29) is 18.5 Å². The summed E-state index contributed by atoms with van der Waals surface area (Å²) in [4.78, 5) is 24.8. The number of carbonyl (C=O) groups is 2. The molecule has 0 aromatic carbocycles. The third-order valence-electron chi connectivity index (χ3n) is 8.14. The summed E-state index contributed by atoms with van der Waals surface area (Å²) in [5, 5.41) is 0. The summed E-state index contributed by atoms with van der Waals surface area (Å²) < 4.78 is 17.1. The molecule has 250 valence electrons. The lowest BCUT2D eigenvalue weighted by Gasteiger charge is -2.18. The van der Waals surface area contributed by atoms with Gasteiger partial charge in [0, 0.05) is 19.4 Å². The van der Waals surface area contributed by atoms with Crippen LogP contribution < -0.4 is 0 Å². The second-order valence-electron chi connectivity index (χ2n) is 12.5. The molecule has 0 fully saturated rings. The number of rotatable bonds is 34. The lowest BCUT2D eigenvalue weighted by molar-refractivity contribution is -0.163. The number of carbonyl (C=O) groups excluding carboxylic acids is 2. The van der Waals surface area contributed by atoms with E-state index in [0.717, 1.165) is 38.5 Å². The van der Waals surface area contributed by atoms with E-state index in [0.29, 0.717) is 26.1 Å². The standard InChI is InChI=1S/C37H72O5/c1-4-7-10-13-15-17-19-20-22-25-27-30-36(38)41-34-35(42-37(39)31-28-24-12-9-6-3)33-40-32-29-26-23-21-18-16-14-11-8-5-2/h35H,4-34H2,1-3H3. The molecule has 5 heteroatoms. The molecule has 0 radical (unpaired) electrons. The summed E-state index contributed by atoms with van der Waals surface area (Å²) in [6.45, 7) is 7.76. The molecule has 0 heterocycles. The first-order valence-corrected chi connectivity index (χ1v) is 18.6. The summed E-state index contributed by atoms with van der Waals surface area (Å²) in [6.07, 6.45) is 32.5. The number of unbranched alkanes of at least 4 members (excludes halogenated alkanes) is 23. The van der Waals surface area contributed by atoms with Gasteiger partial charge in [0.2, 0.25) is 0 Å². The summed E-state index contributed by atoms with van der Waals surface area (Å²) in [5.41, 5.74) is 0. The zero-order valence-electron chi connectivity index (χ0n) is 28.5. The maximum atomic E-state index is 12.4. The van der Waals surface area contributed by atoms with Crippen molar-refractivity contribution >= 4 is 11.9 Å². The molecule has 0 bridgehead atoms. The van der Waals surface area contributed by atoms with Crippen LogP contribution in [0.1, 0.15) is 201 Å². The summed E-state index contributed by atoms with van der Waals surface area (Å²) in [5.74, 6) is -0.401. The van der Waals surface area contributed by atoms with Gasteiger partial charge in [0.05, 0.1) is 6.61 Å². The van der Waals surface area contributed by atoms with Crippen LogP contribution in [0.15, 0.2) is 0 Å². The Morgan fingerprint density at radius 2 is 0.786 bits per heavy atom. The predicted molar refractivity (Wildman–Crippen MR) is 178 cm³/mol. The van der Waals surface area contributed by atoms with Gasteiger partial charge in [-0.25, -0.2) is 0 Å². The predicted octanol–water partition coefficient (Wildman–Crippen LogP) is 11.4. The van der Waals surface area contributed by atoms with Crippen LogP contribution in [0.4, 0.5) is 0 Å². The van der Waals surface area contributed by atoms with Crippen LogP contribution in [-0.4, -0.2) is 37.9 Å². The number of ether oxygens (including phenoxy) is 3. The molecule has 5 nitrogen and oxygen atoms in total. The van der Waals surface area contributed by atoms with Gasteiger partial charge in [-0.1, -0.05) is 168 Å².